The number of nitrogens with one attached hydrogen (secondary N) is 1. The van der Waals surface area contributed by atoms with Gasteiger partial charge >= 0.3 is 11.6 Å². The lowest BCUT2D eigenvalue weighted by molar-refractivity contribution is 0.0473. The van der Waals surface area contributed by atoms with E-state index in [0.717, 1.165) is 10.8 Å². The summed E-state index contributed by atoms with van der Waals surface area (Å²) in [7, 11) is -3.79. The molecule has 0 spiro atoms. The third-order valence-corrected chi connectivity index (χ3v) is 6.91. The minimum Gasteiger partial charge on any atom is -0.468 e. The summed E-state index contributed by atoms with van der Waals surface area (Å²) < 4.78 is 43.3. The van der Waals surface area contributed by atoms with Gasteiger partial charge in [0.15, 0.2) is 0 Å². The van der Waals surface area contributed by atoms with Crippen molar-refractivity contribution in [2.75, 3.05) is 0 Å². The Bertz CT molecular complexity index is 1690. The molecule has 0 atom stereocenters. The van der Waals surface area contributed by atoms with Crippen molar-refractivity contribution in [1.82, 2.24) is 4.72 Å². The number of rotatable bonds is 7. The van der Waals surface area contributed by atoms with Gasteiger partial charge in [0.2, 0.25) is 10.0 Å². The van der Waals surface area contributed by atoms with Crippen LogP contribution >= 0.6 is 0 Å². The average molecular weight is 490 g/mol. The number of carbonyl (C=O) groups excluding carboxylic acids is 1. The molecule has 0 aliphatic heterocycles. The zero-order valence-electron chi connectivity index (χ0n) is 18.3. The molecule has 1 N–H and O–H groups in total. The van der Waals surface area contributed by atoms with Gasteiger partial charge in [-0.1, -0.05) is 30.3 Å². The van der Waals surface area contributed by atoms with Gasteiger partial charge in [0.25, 0.3) is 0 Å². The van der Waals surface area contributed by atoms with E-state index >= 15 is 0 Å². The van der Waals surface area contributed by atoms with E-state index in [0.29, 0.717) is 22.3 Å². The van der Waals surface area contributed by atoms with E-state index in [-0.39, 0.29) is 23.6 Å². The molecule has 0 amide bonds. The van der Waals surface area contributed by atoms with Crippen LogP contribution in [0.25, 0.3) is 21.7 Å². The summed E-state index contributed by atoms with van der Waals surface area (Å²) in [5, 5.41) is 2.52. The minimum atomic E-state index is -3.79. The molecule has 5 aromatic rings. The maximum absolute atomic E-state index is 12.6. The standard InChI is InChI=1S/C26H19NO7S/c28-24-14-19(25-22-6-2-1-4-17(22)9-12-23(25)34-24)16-33-26(29)18-7-10-21(11-8-18)35(30,31)27-15-20-5-3-13-32-20/h1-14,27H,15-16H2. The van der Waals surface area contributed by atoms with Crippen molar-refractivity contribution in [3.05, 3.63) is 112 Å². The highest BCUT2D eigenvalue weighted by Crippen LogP contribution is 2.28. The van der Waals surface area contributed by atoms with E-state index in [1.165, 1.54) is 36.6 Å². The van der Waals surface area contributed by atoms with Gasteiger partial charge in [0, 0.05) is 17.0 Å². The van der Waals surface area contributed by atoms with Crippen molar-refractivity contribution in [2.24, 2.45) is 0 Å². The Kier molecular flexibility index (Phi) is 5.94. The first-order valence-electron chi connectivity index (χ1n) is 10.6. The molecule has 0 saturated heterocycles. The van der Waals surface area contributed by atoms with Crippen LogP contribution in [0.5, 0.6) is 0 Å². The lowest BCUT2D eigenvalue weighted by atomic mass is 10.0. The molecule has 8 nitrogen and oxygen atoms in total. The second kappa shape index (κ2) is 9.21. The first kappa shape index (κ1) is 22.6. The zero-order valence-corrected chi connectivity index (χ0v) is 19.1. The van der Waals surface area contributed by atoms with Crippen molar-refractivity contribution < 1.29 is 26.8 Å². The van der Waals surface area contributed by atoms with Gasteiger partial charge in [-0.25, -0.2) is 22.7 Å². The van der Waals surface area contributed by atoms with Crippen LogP contribution in [0.2, 0.25) is 0 Å². The lowest BCUT2D eigenvalue weighted by Crippen LogP contribution is -2.23. The smallest absolute Gasteiger partial charge is 0.338 e. The minimum absolute atomic E-state index is 0.00117. The van der Waals surface area contributed by atoms with Crippen LogP contribution in [0.3, 0.4) is 0 Å². The molecule has 0 aliphatic carbocycles. The molecule has 35 heavy (non-hydrogen) atoms. The lowest BCUT2D eigenvalue weighted by Gasteiger charge is -2.10. The monoisotopic (exact) mass is 489 g/mol. The van der Waals surface area contributed by atoms with Gasteiger partial charge in [-0.3, -0.25) is 0 Å². The number of furan rings is 1. The van der Waals surface area contributed by atoms with Gasteiger partial charge in [-0.05, 0) is 53.2 Å². The quantitative estimate of drug-likeness (QED) is 0.205. The number of hydrogen-bond acceptors (Lipinski definition) is 7. The summed E-state index contributed by atoms with van der Waals surface area (Å²) in [4.78, 5) is 24.7. The summed E-state index contributed by atoms with van der Waals surface area (Å²) in [5.41, 5.74) is 0.545. The second-order valence-electron chi connectivity index (χ2n) is 7.75. The Morgan fingerprint density at radius 2 is 1.74 bits per heavy atom. The number of benzene rings is 3. The molecule has 0 radical (unpaired) electrons. The van der Waals surface area contributed by atoms with E-state index in [1.54, 1.807) is 18.2 Å². The fourth-order valence-electron chi connectivity index (χ4n) is 3.79. The molecule has 9 heteroatoms. The molecule has 176 valence electrons. The molecule has 0 fully saturated rings. The first-order chi connectivity index (χ1) is 16.9. The molecule has 3 aromatic carbocycles. The second-order valence-corrected chi connectivity index (χ2v) is 9.52. The Labute approximate surface area is 199 Å². The van der Waals surface area contributed by atoms with Crippen LogP contribution in [0.4, 0.5) is 0 Å². The number of hydrogen-bond donors (Lipinski definition) is 1. The van der Waals surface area contributed by atoms with E-state index in [9.17, 15) is 18.0 Å². The maximum Gasteiger partial charge on any atom is 0.338 e. The number of sulfonamides is 1. The van der Waals surface area contributed by atoms with Crippen LogP contribution in [-0.2, 0) is 27.9 Å². The average Bonchev–Trinajstić information content (AvgIpc) is 3.39. The highest BCUT2D eigenvalue weighted by atomic mass is 32.2. The highest BCUT2D eigenvalue weighted by molar-refractivity contribution is 7.89. The summed E-state index contributed by atoms with van der Waals surface area (Å²) in [5.74, 6) is -0.178. The van der Waals surface area contributed by atoms with E-state index in [4.69, 9.17) is 13.6 Å². The van der Waals surface area contributed by atoms with Crippen molar-refractivity contribution in [1.29, 1.82) is 0 Å². The molecule has 0 bridgehead atoms. The predicted molar refractivity (Wildman–Crippen MR) is 128 cm³/mol. The van der Waals surface area contributed by atoms with Crippen molar-refractivity contribution in [3.8, 4) is 0 Å². The Morgan fingerprint density at radius 3 is 2.51 bits per heavy atom. The molecule has 5 rings (SSSR count). The first-order valence-corrected chi connectivity index (χ1v) is 12.1. The largest absolute Gasteiger partial charge is 0.468 e. The van der Waals surface area contributed by atoms with Gasteiger partial charge in [0.05, 0.1) is 23.3 Å². The van der Waals surface area contributed by atoms with Crippen LogP contribution in [0.15, 0.2) is 104 Å². The number of esters is 1. The molecule has 2 heterocycles. The summed E-state index contributed by atoms with van der Waals surface area (Å²) >= 11 is 0. The van der Waals surface area contributed by atoms with Gasteiger partial charge in [-0.2, -0.15) is 0 Å². The number of carbonyl (C=O) groups is 1. The Morgan fingerprint density at radius 1 is 0.943 bits per heavy atom. The Balaban J connectivity index is 1.33. The van der Waals surface area contributed by atoms with Gasteiger partial charge in [-0.15, -0.1) is 0 Å². The van der Waals surface area contributed by atoms with Crippen LogP contribution in [0.1, 0.15) is 21.7 Å². The summed E-state index contributed by atoms with van der Waals surface area (Å²) in [6.07, 6.45) is 1.46. The van der Waals surface area contributed by atoms with Crippen molar-refractivity contribution in [3.63, 3.8) is 0 Å². The predicted octanol–water partition coefficient (Wildman–Crippen LogP) is 4.37. The maximum atomic E-state index is 12.6. The van der Waals surface area contributed by atoms with E-state index in [1.807, 2.05) is 30.3 Å². The third kappa shape index (κ3) is 4.72. The zero-order chi connectivity index (χ0) is 24.4. The van der Waals surface area contributed by atoms with E-state index in [2.05, 4.69) is 4.72 Å². The highest BCUT2D eigenvalue weighted by Gasteiger charge is 2.17. The number of ether oxygens (including phenoxy) is 1. The molecular formula is C26H19NO7S. The Hall–Kier alpha value is -4.21. The molecule has 0 aliphatic rings. The van der Waals surface area contributed by atoms with E-state index < -0.39 is 21.6 Å². The fourth-order valence-corrected chi connectivity index (χ4v) is 4.79. The third-order valence-electron chi connectivity index (χ3n) is 5.49. The van der Waals surface area contributed by atoms with Crippen LogP contribution in [-0.4, -0.2) is 14.4 Å². The van der Waals surface area contributed by atoms with Gasteiger partial charge < -0.3 is 13.6 Å². The molecular weight excluding hydrogens is 470 g/mol. The molecule has 0 unspecified atom stereocenters. The molecule has 2 aromatic heterocycles. The number of fused-ring (bicyclic) bond motifs is 3. The van der Waals surface area contributed by atoms with Crippen molar-refractivity contribution >= 4 is 37.7 Å². The SMILES string of the molecule is O=C(OCc1cc(=O)oc2ccc3ccccc3c12)c1ccc(S(=O)(=O)NCc2ccco2)cc1. The van der Waals surface area contributed by atoms with Crippen LogP contribution < -0.4 is 10.3 Å². The topological polar surface area (TPSA) is 116 Å². The van der Waals surface area contributed by atoms with Gasteiger partial charge in [0.1, 0.15) is 18.0 Å². The van der Waals surface area contributed by atoms with Crippen LogP contribution in [0, 0.1) is 0 Å². The van der Waals surface area contributed by atoms with Crippen molar-refractivity contribution in [2.45, 2.75) is 18.0 Å². The summed E-state index contributed by atoms with van der Waals surface area (Å²) in [6, 6.07) is 21.2. The summed E-state index contributed by atoms with van der Waals surface area (Å²) in [6.45, 7) is -0.146. The fraction of sp³-hybridized carbons (Fsp3) is 0.0769. The molecule has 0 saturated carbocycles. The normalized spacial score (nSPS) is 11.7.